The van der Waals surface area contributed by atoms with Crippen LogP contribution in [0.5, 0.6) is 0 Å². The molecule has 56 valence electrons. The third kappa shape index (κ3) is 3.21. The van der Waals surface area contributed by atoms with Gasteiger partial charge in [-0.1, -0.05) is 36.7 Å². The SMILES string of the molecule is CCPC#Cc1ccccc1. The van der Waals surface area contributed by atoms with E-state index in [4.69, 9.17) is 0 Å². The maximum atomic E-state index is 3.13. The van der Waals surface area contributed by atoms with Crippen LogP contribution in [-0.4, -0.2) is 6.16 Å². The number of rotatable bonds is 1. The Bertz CT molecular complexity index is 253. The maximum absolute atomic E-state index is 3.13. The van der Waals surface area contributed by atoms with Gasteiger partial charge in [0.1, 0.15) is 0 Å². The maximum Gasteiger partial charge on any atom is 0.0248 e. The molecular weight excluding hydrogens is 151 g/mol. The van der Waals surface area contributed by atoms with Gasteiger partial charge in [-0.15, -0.1) is 0 Å². The molecule has 1 atom stereocenters. The number of benzene rings is 1. The molecule has 0 heterocycles. The molecule has 0 bridgehead atoms. The summed E-state index contributed by atoms with van der Waals surface area (Å²) < 4.78 is 0. The van der Waals surface area contributed by atoms with Gasteiger partial charge in [0, 0.05) is 5.56 Å². The zero-order chi connectivity index (χ0) is 7.94. The van der Waals surface area contributed by atoms with Gasteiger partial charge in [-0.2, -0.15) is 0 Å². The molecule has 1 unspecified atom stereocenters. The minimum absolute atomic E-state index is 0.779. The summed E-state index contributed by atoms with van der Waals surface area (Å²) in [4.78, 5) is 0. The van der Waals surface area contributed by atoms with E-state index in [1.807, 2.05) is 30.3 Å². The molecule has 0 N–H and O–H groups in total. The molecule has 11 heavy (non-hydrogen) atoms. The van der Waals surface area contributed by atoms with Crippen LogP contribution >= 0.6 is 8.58 Å². The Hall–Kier alpha value is -0.790. The topological polar surface area (TPSA) is 0 Å². The van der Waals surface area contributed by atoms with Crippen molar-refractivity contribution in [1.29, 1.82) is 0 Å². The second kappa shape index (κ2) is 4.94. The van der Waals surface area contributed by atoms with Crippen LogP contribution in [0.1, 0.15) is 12.5 Å². The molecule has 0 nitrogen and oxygen atoms in total. The van der Waals surface area contributed by atoms with Crippen LogP contribution in [0.3, 0.4) is 0 Å². The van der Waals surface area contributed by atoms with E-state index in [0.29, 0.717) is 0 Å². The monoisotopic (exact) mass is 162 g/mol. The first-order chi connectivity index (χ1) is 5.43. The van der Waals surface area contributed by atoms with Gasteiger partial charge in [-0.25, -0.2) is 0 Å². The summed E-state index contributed by atoms with van der Waals surface area (Å²) in [6.07, 6.45) is 1.17. The van der Waals surface area contributed by atoms with Crippen molar-refractivity contribution in [1.82, 2.24) is 0 Å². The second-order valence-electron chi connectivity index (χ2n) is 2.15. The normalized spacial score (nSPS) is 9.55. The summed E-state index contributed by atoms with van der Waals surface area (Å²) >= 11 is 0. The number of hydrogen-bond acceptors (Lipinski definition) is 0. The zero-order valence-corrected chi connectivity index (χ0v) is 7.59. The lowest BCUT2D eigenvalue weighted by molar-refractivity contribution is 1.53. The second-order valence-corrected chi connectivity index (χ2v) is 3.46. The van der Waals surface area contributed by atoms with Gasteiger partial charge >= 0.3 is 0 Å². The van der Waals surface area contributed by atoms with Crippen LogP contribution in [0.4, 0.5) is 0 Å². The lowest BCUT2D eigenvalue weighted by Crippen LogP contribution is -1.68. The van der Waals surface area contributed by atoms with Crippen molar-refractivity contribution < 1.29 is 0 Å². The summed E-state index contributed by atoms with van der Waals surface area (Å²) in [6.45, 7) is 2.15. The predicted octanol–water partition coefficient (Wildman–Crippen LogP) is 2.69. The molecule has 1 rings (SSSR count). The molecule has 0 radical (unpaired) electrons. The Labute approximate surface area is 69.8 Å². The summed E-state index contributed by atoms with van der Waals surface area (Å²) in [5, 5.41) is 0. The molecule has 1 aromatic rings. The molecule has 0 saturated heterocycles. The number of hydrogen-bond donors (Lipinski definition) is 0. The van der Waals surface area contributed by atoms with Crippen molar-refractivity contribution in [3.8, 4) is 11.6 Å². The Balaban J connectivity index is 2.59. The van der Waals surface area contributed by atoms with Crippen LogP contribution in [0.2, 0.25) is 0 Å². The largest absolute Gasteiger partial charge is 0.0747 e. The highest BCUT2D eigenvalue weighted by molar-refractivity contribution is 7.43. The Kier molecular flexibility index (Phi) is 3.73. The molecule has 0 amide bonds. The smallest absolute Gasteiger partial charge is 0.0248 e. The van der Waals surface area contributed by atoms with Crippen LogP contribution < -0.4 is 0 Å². The Morgan fingerprint density at radius 2 is 2.00 bits per heavy atom. The lowest BCUT2D eigenvalue weighted by Gasteiger charge is -1.85. The summed E-state index contributed by atoms with van der Waals surface area (Å²) in [7, 11) is 0.779. The molecule has 0 saturated carbocycles. The fourth-order valence-electron chi connectivity index (χ4n) is 0.726. The summed E-state index contributed by atoms with van der Waals surface area (Å²) in [6, 6.07) is 10.1. The first-order valence-corrected chi connectivity index (χ1v) is 4.93. The highest BCUT2D eigenvalue weighted by Gasteiger charge is 1.79. The fourth-order valence-corrected chi connectivity index (χ4v) is 1.14. The average Bonchev–Trinajstić information content (AvgIpc) is 2.07. The van der Waals surface area contributed by atoms with Crippen LogP contribution in [0, 0.1) is 11.6 Å². The third-order valence-corrected chi connectivity index (χ3v) is 1.90. The molecule has 1 aromatic carbocycles. The van der Waals surface area contributed by atoms with Gasteiger partial charge in [0.25, 0.3) is 0 Å². The Morgan fingerprint density at radius 1 is 1.27 bits per heavy atom. The summed E-state index contributed by atoms with van der Waals surface area (Å²) in [5.41, 5.74) is 4.25. The first-order valence-electron chi connectivity index (χ1n) is 3.72. The minimum Gasteiger partial charge on any atom is -0.0747 e. The van der Waals surface area contributed by atoms with Crippen LogP contribution in [0.15, 0.2) is 30.3 Å². The van der Waals surface area contributed by atoms with Crippen molar-refractivity contribution in [3.05, 3.63) is 35.9 Å². The molecular formula is C10H11P. The van der Waals surface area contributed by atoms with Gasteiger partial charge in [-0.3, -0.25) is 0 Å². The van der Waals surface area contributed by atoms with E-state index in [0.717, 1.165) is 14.1 Å². The molecule has 0 spiro atoms. The van der Waals surface area contributed by atoms with Crippen molar-refractivity contribution >= 4 is 8.58 Å². The van der Waals surface area contributed by atoms with E-state index in [1.165, 1.54) is 6.16 Å². The van der Waals surface area contributed by atoms with Crippen molar-refractivity contribution in [2.24, 2.45) is 0 Å². The van der Waals surface area contributed by atoms with Crippen molar-refractivity contribution in [3.63, 3.8) is 0 Å². The van der Waals surface area contributed by atoms with E-state index in [2.05, 4.69) is 18.5 Å². The standard InChI is InChI=1S/C10H11P/c1-2-11-9-8-10-6-4-3-5-7-10/h3-7,11H,2H2,1H3. The zero-order valence-electron chi connectivity index (χ0n) is 6.59. The van der Waals surface area contributed by atoms with Crippen molar-refractivity contribution in [2.45, 2.75) is 6.92 Å². The molecule has 0 fully saturated rings. The lowest BCUT2D eigenvalue weighted by atomic mass is 10.2. The van der Waals surface area contributed by atoms with E-state index >= 15 is 0 Å². The van der Waals surface area contributed by atoms with Crippen molar-refractivity contribution in [2.75, 3.05) is 6.16 Å². The van der Waals surface area contributed by atoms with Gasteiger partial charge in [-0.05, 0) is 26.9 Å². The van der Waals surface area contributed by atoms with Crippen LogP contribution in [0.25, 0.3) is 0 Å². The molecule has 1 heteroatoms. The Morgan fingerprint density at radius 3 is 2.64 bits per heavy atom. The molecule has 0 aliphatic rings. The van der Waals surface area contributed by atoms with Crippen LogP contribution in [-0.2, 0) is 0 Å². The summed E-state index contributed by atoms with van der Waals surface area (Å²) in [5.74, 6) is 3.11. The van der Waals surface area contributed by atoms with E-state index in [1.54, 1.807) is 0 Å². The highest BCUT2D eigenvalue weighted by Crippen LogP contribution is 2.05. The van der Waals surface area contributed by atoms with Gasteiger partial charge in [0.15, 0.2) is 0 Å². The third-order valence-electron chi connectivity index (χ3n) is 1.25. The quantitative estimate of drug-likeness (QED) is 0.440. The average molecular weight is 162 g/mol. The first kappa shape index (κ1) is 8.31. The van der Waals surface area contributed by atoms with Gasteiger partial charge < -0.3 is 0 Å². The van der Waals surface area contributed by atoms with E-state index in [-0.39, 0.29) is 0 Å². The van der Waals surface area contributed by atoms with Gasteiger partial charge in [0.2, 0.25) is 0 Å². The predicted molar refractivity (Wildman–Crippen MR) is 52.2 cm³/mol. The van der Waals surface area contributed by atoms with Gasteiger partial charge in [0.05, 0.1) is 0 Å². The van der Waals surface area contributed by atoms with E-state index in [9.17, 15) is 0 Å². The molecule has 0 aliphatic heterocycles. The highest BCUT2D eigenvalue weighted by atomic mass is 31.1. The minimum atomic E-state index is 0.779. The molecule has 0 aliphatic carbocycles. The fraction of sp³-hybridized carbons (Fsp3) is 0.200. The van der Waals surface area contributed by atoms with E-state index < -0.39 is 0 Å². The molecule has 0 aromatic heterocycles.